The highest BCUT2D eigenvalue weighted by Gasteiger charge is 2.18. The number of nitrogens with one attached hydrogen (secondary N) is 2. The minimum atomic E-state index is -0.504. The van der Waals surface area contributed by atoms with Gasteiger partial charge < -0.3 is 10.3 Å². The molecular formula is C14H11N3O3. The van der Waals surface area contributed by atoms with Crippen molar-refractivity contribution >= 4 is 39.1 Å². The van der Waals surface area contributed by atoms with E-state index in [1.807, 2.05) is 24.3 Å². The molecule has 2 N–H and O–H groups in total. The molecule has 0 saturated heterocycles. The molecule has 0 aliphatic rings. The summed E-state index contributed by atoms with van der Waals surface area (Å²) in [6, 6.07) is 10.7. The number of rotatable bonds is 2. The summed E-state index contributed by atoms with van der Waals surface area (Å²) < 4.78 is 0. The molecule has 0 atom stereocenters. The summed E-state index contributed by atoms with van der Waals surface area (Å²) in [4.78, 5) is 24.9. The normalized spacial score (nSPS) is 10.8. The molecule has 6 heteroatoms. The van der Waals surface area contributed by atoms with E-state index in [9.17, 15) is 14.9 Å². The van der Waals surface area contributed by atoms with E-state index in [2.05, 4.69) is 10.3 Å². The van der Waals surface area contributed by atoms with E-state index in [0.717, 1.165) is 16.3 Å². The van der Waals surface area contributed by atoms with Crippen LogP contribution in [0, 0.1) is 10.1 Å². The van der Waals surface area contributed by atoms with Gasteiger partial charge in [-0.1, -0.05) is 18.2 Å². The fraction of sp³-hybridized carbons (Fsp3) is 0.0714. The summed E-state index contributed by atoms with van der Waals surface area (Å²) in [6.07, 6.45) is 0. The van der Waals surface area contributed by atoms with Gasteiger partial charge in [-0.05, 0) is 12.1 Å². The zero-order valence-electron chi connectivity index (χ0n) is 10.6. The number of nitrogens with zero attached hydrogens (tertiary/aromatic N) is 1. The van der Waals surface area contributed by atoms with Gasteiger partial charge in [-0.2, -0.15) is 0 Å². The Morgan fingerprint density at radius 2 is 1.95 bits per heavy atom. The van der Waals surface area contributed by atoms with Crippen molar-refractivity contribution in [2.45, 2.75) is 6.92 Å². The average molecular weight is 269 g/mol. The van der Waals surface area contributed by atoms with Crippen molar-refractivity contribution in [3.63, 3.8) is 0 Å². The first-order valence-corrected chi connectivity index (χ1v) is 6.02. The molecule has 2 aromatic carbocycles. The van der Waals surface area contributed by atoms with Crippen LogP contribution in [0.5, 0.6) is 0 Å². The number of nitro benzene ring substituents is 1. The standard InChI is InChI=1S/C14H11N3O3/c1-8(18)15-13-6-10-9-4-2-3-5-11(9)16-12(10)7-14(13)17(19)20/h2-7,16H,1H3,(H,15,18). The van der Waals surface area contributed by atoms with Gasteiger partial charge in [0.2, 0.25) is 5.91 Å². The molecule has 0 aliphatic carbocycles. The lowest BCUT2D eigenvalue weighted by Crippen LogP contribution is -2.07. The van der Waals surface area contributed by atoms with Crippen LogP contribution in [0.4, 0.5) is 11.4 Å². The molecule has 3 aromatic rings. The van der Waals surface area contributed by atoms with Crippen molar-refractivity contribution in [1.29, 1.82) is 0 Å². The molecule has 1 amide bonds. The lowest BCUT2D eigenvalue weighted by molar-refractivity contribution is -0.383. The van der Waals surface area contributed by atoms with Crippen LogP contribution in [-0.4, -0.2) is 15.8 Å². The third-order valence-electron chi connectivity index (χ3n) is 3.13. The number of para-hydroxylation sites is 1. The second-order valence-corrected chi connectivity index (χ2v) is 4.52. The van der Waals surface area contributed by atoms with Crippen LogP contribution >= 0.6 is 0 Å². The number of H-pyrrole nitrogens is 1. The summed E-state index contributed by atoms with van der Waals surface area (Å²) >= 11 is 0. The summed E-state index contributed by atoms with van der Waals surface area (Å²) in [5, 5.41) is 15.4. The van der Waals surface area contributed by atoms with E-state index in [0.29, 0.717) is 5.52 Å². The first kappa shape index (κ1) is 12.2. The van der Waals surface area contributed by atoms with Crippen molar-refractivity contribution in [3.8, 4) is 0 Å². The predicted molar refractivity (Wildman–Crippen MR) is 76.8 cm³/mol. The molecule has 0 radical (unpaired) electrons. The van der Waals surface area contributed by atoms with Gasteiger partial charge in [-0.15, -0.1) is 0 Å². The number of carbonyl (C=O) groups is 1. The van der Waals surface area contributed by atoms with Crippen LogP contribution in [0.25, 0.3) is 21.8 Å². The maximum Gasteiger partial charge on any atom is 0.294 e. The fourth-order valence-electron chi connectivity index (χ4n) is 2.33. The Bertz CT molecular complexity index is 851. The molecule has 1 aromatic heterocycles. The van der Waals surface area contributed by atoms with Gasteiger partial charge >= 0.3 is 0 Å². The van der Waals surface area contributed by atoms with Gasteiger partial charge in [0.25, 0.3) is 5.69 Å². The highest BCUT2D eigenvalue weighted by Crippen LogP contribution is 2.34. The van der Waals surface area contributed by atoms with Crippen molar-refractivity contribution in [2.24, 2.45) is 0 Å². The first-order valence-electron chi connectivity index (χ1n) is 6.02. The third kappa shape index (κ3) is 1.87. The van der Waals surface area contributed by atoms with Crippen molar-refractivity contribution in [1.82, 2.24) is 4.98 Å². The SMILES string of the molecule is CC(=O)Nc1cc2c(cc1[N+](=O)[O-])[nH]c1ccccc12. The molecule has 3 rings (SSSR count). The molecule has 20 heavy (non-hydrogen) atoms. The fourth-order valence-corrected chi connectivity index (χ4v) is 2.33. The number of amides is 1. The maximum absolute atomic E-state index is 11.2. The molecule has 0 saturated carbocycles. The lowest BCUT2D eigenvalue weighted by atomic mass is 10.1. The number of hydrogen-bond donors (Lipinski definition) is 2. The minimum absolute atomic E-state index is 0.126. The zero-order valence-corrected chi connectivity index (χ0v) is 10.6. The van der Waals surface area contributed by atoms with E-state index < -0.39 is 4.92 Å². The number of anilines is 1. The van der Waals surface area contributed by atoms with Crippen LogP contribution in [0.3, 0.4) is 0 Å². The number of carbonyl (C=O) groups excluding carboxylic acids is 1. The number of hydrogen-bond acceptors (Lipinski definition) is 3. The largest absolute Gasteiger partial charge is 0.354 e. The molecule has 100 valence electrons. The minimum Gasteiger partial charge on any atom is -0.354 e. The van der Waals surface area contributed by atoms with Crippen LogP contribution in [0.2, 0.25) is 0 Å². The maximum atomic E-state index is 11.2. The average Bonchev–Trinajstić information content (AvgIpc) is 2.75. The number of aromatic amines is 1. The van der Waals surface area contributed by atoms with Crippen molar-refractivity contribution in [3.05, 3.63) is 46.5 Å². The van der Waals surface area contributed by atoms with Gasteiger partial charge in [0, 0.05) is 29.3 Å². The Morgan fingerprint density at radius 3 is 2.65 bits per heavy atom. The van der Waals surface area contributed by atoms with E-state index in [1.54, 1.807) is 6.07 Å². The van der Waals surface area contributed by atoms with E-state index in [4.69, 9.17) is 0 Å². The van der Waals surface area contributed by atoms with E-state index in [1.165, 1.54) is 13.0 Å². The summed E-state index contributed by atoms with van der Waals surface area (Å²) in [5.41, 5.74) is 1.66. The molecule has 0 aliphatic heterocycles. The zero-order chi connectivity index (χ0) is 14.3. The summed E-state index contributed by atoms with van der Waals surface area (Å²) in [6.45, 7) is 1.32. The molecular weight excluding hydrogens is 258 g/mol. The van der Waals surface area contributed by atoms with Crippen molar-refractivity contribution < 1.29 is 9.72 Å². The Hall–Kier alpha value is -2.89. The van der Waals surface area contributed by atoms with Crippen LogP contribution in [0.1, 0.15) is 6.92 Å². The number of fused-ring (bicyclic) bond motifs is 3. The molecule has 0 fully saturated rings. The Morgan fingerprint density at radius 1 is 1.20 bits per heavy atom. The highest BCUT2D eigenvalue weighted by atomic mass is 16.6. The van der Waals surface area contributed by atoms with Gasteiger partial charge in [0.05, 0.1) is 10.4 Å². The first-order chi connectivity index (χ1) is 9.56. The van der Waals surface area contributed by atoms with Crippen LogP contribution in [0.15, 0.2) is 36.4 Å². The predicted octanol–water partition coefficient (Wildman–Crippen LogP) is 3.19. The summed E-state index contributed by atoms with van der Waals surface area (Å²) in [7, 11) is 0. The number of aromatic nitrogens is 1. The smallest absolute Gasteiger partial charge is 0.294 e. The second-order valence-electron chi connectivity index (χ2n) is 4.52. The quantitative estimate of drug-likeness (QED) is 0.553. The molecule has 0 bridgehead atoms. The van der Waals surface area contributed by atoms with Gasteiger partial charge in [0.1, 0.15) is 5.69 Å². The molecule has 0 spiro atoms. The monoisotopic (exact) mass is 269 g/mol. The highest BCUT2D eigenvalue weighted by molar-refractivity contribution is 6.10. The Balaban J connectivity index is 2.35. The Kier molecular flexibility index (Phi) is 2.64. The second kappa shape index (κ2) is 4.34. The third-order valence-corrected chi connectivity index (χ3v) is 3.13. The molecule has 6 nitrogen and oxygen atoms in total. The topological polar surface area (TPSA) is 88.0 Å². The molecule has 0 unspecified atom stereocenters. The Labute approximate surface area is 113 Å². The van der Waals surface area contributed by atoms with Crippen LogP contribution < -0.4 is 5.32 Å². The van der Waals surface area contributed by atoms with E-state index in [-0.39, 0.29) is 17.3 Å². The van der Waals surface area contributed by atoms with Crippen molar-refractivity contribution in [2.75, 3.05) is 5.32 Å². The van der Waals surface area contributed by atoms with Gasteiger partial charge in [-0.3, -0.25) is 14.9 Å². The summed E-state index contributed by atoms with van der Waals surface area (Å²) in [5.74, 6) is -0.340. The lowest BCUT2D eigenvalue weighted by Gasteiger charge is -2.03. The van der Waals surface area contributed by atoms with Gasteiger partial charge in [0.15, 0.2) is 0 Å². The molecule has 1 heterocycles. The number of benzene rings is 2. The van der Waals surface area contributed by atoms with Gasteiger partial charge in [-0.25, -0.2) is 0 Å². The number of nitro groups is 1. The van der Waals surface area contributed by atoms with E-state index >= 15 is 0 Å². The van der Waals surface area contributed by atoms with Crippen LogP contribution in [-0.2, 0) is 4.79 Å².